The molecule has 0 aliphatic carbocycles. The fourth-order valence-electron chi connectivity index (χ4n) is 1.94. The molecule has 0 aliphatic heterocycles. The second-order valence-corrected chi connectivity index (χ2v) is 4.72. The molecular weight excluding hydrogens is 238 g/mol. The SMILES string of the molecule is CCNC(=O)c1ccc(N)c(NCC(CC)CC)c1. The van der Waals surface area contributed by atoms with Gasteiger partial charge in [-0.1, -0.05) is 26.7 Å². The zero-order chi connectivity index (χ0) is 14.3. The van der Waals surface area contributed by atoms with Gasteiger partial charge in [-0.2, -0.15) is 0 Å². The number of nitrogen functional groups attached to an aromatic ring is 1. The summed E-state index contributed by atoms with van der Waals surface area (Å²) in [5.74, 6) is 0.570. The van der Waals surface area contributed by atoms with Crippen molar-refractivity contribution in [2.75, 3.05) is 24.1 Å². The molecule has 0 bridgehead atoms. The van der Waals surface area contributed by atoms with E-state index >= 15 is 0 Å². The van der Waals surface area contributed by atoms with Crippen LogP contribution in [0.5, 0.6) is 0 Å². The van der Waals surface area contributed by atoms with Gasteiger partial charge in [0.25, 0.3) is 5.91 Å². The third-order valence-electron chi connectivity index (χ3n) is 3.39. The summed E-state index contributed by atoms with van der Waals surface area (Å²) in [6.45, 7) is 7.78. The van der Waals surface area contributed by atoms with Gasteiger partial charge in [0.1, 0.15) is 0 Å². The van der Waals surface area contributed by atoms with Crippen LogP contribution in [0.3, 0.4) is 0 Å². The Kier molecular flexibility index (Phi) is 6.19. The topological polar surface area (TPSA) is 67.2 Å². The molecule has 0 aliphatic rings. The highest BCUT2D eigenvalue weighted by Crippen LogP contribution is 2.21. The Balaban J connectivity index is 2.77. The van der Waals surface area contributed by atoms with Gasteiger partial charge in [-0.3, -0.25) is 4.79 Å². The molecule has 0 saturated heterocycles. The van der Waals surface area contributed by atoms with Crippen molar-refractivity contribution in [1.29, 1.82) is 0 Å². The summed E-state index contributed by atoms with van der Waals surface area (Å²) in [6, 6.07) is 5.35. The van der Waals surface area contributed by atoms with Crippen molar-refractivity contribution < 1.29 is 4.79 Å². The highest BCUT2D eigenvalue weighted by molar-refractivity contribution is 5.96. The van der Waals surface area contributed by atoms with Crippen molar-refractivity contribution in [2.45, 2.75) is 33.6 Å². The molecule has 0 unspecified atom stereocenters. The molecule has 0 spiro atoms. The Morgan fingerprint density at radius 3 is 2.53 bits per heavy atom. The Morgan fingerprint density at radius 1 is 1.26 bits per heavy atom. The lowest BCUT2D eigenvalue weighted by atomic mass is 10.0. The highest BCUT2D eigenvalue weighted by atomic mass is 16.1. The third-order valence-corrected chi connectivity index (χ3v) is 3.39. The standard InChI is InChI=1S/C15H25N3O/c1-4-11(5-2)10-18-14-9-12(7-8-13(14)16)15(19)17-6-3/h7-9,11,18H,4-6,10,16H2,1-3H3,(H,17,19). The molecule has 106 valence electrons. The van der Waals surface area contributed by atoms with E-state index in [4.69, 9.17) is 5.73 Å². The zero-order valence-corrected chi connectivity index (χ0v) is 12.1. The van der Waals surface area contributed by atoms with Gasteiger partial charge in [0.05, 0.1) is 11.4 Å². The summed E-state index contributed by atoms with van der Waals surface area (Å²) in [6.07, 6.45) is 2.28. The minimum atomic E-state index is -0.0620. The zero-order valence-electron chi connectivity index (χ0n) is 12.1. The van der Waals surface area contributed by atoms with Crippen molar-refractivity contribution >= 4 is 17.3 Å². The van der Waals surface area contributed by atoms with E-state index in [2.05, 4.69) is 24.5 Å². The molecule has 1 aromatic carbocycles. The minimum Gasteiger partial charge on any atom is -0.397 e. The van der Waals surface area contributed by atoms with Crippen molar-refractivity contribution in [3.05, 3.63) is 23.8 Å². The number of anilines is 2. The molecule has 1 rings (SSSR count). The second kappa shape index (κ2) is 7.67. The normalized spacial score (nSPS) is 10.5. The molecule has 0 aromatic heterocycles. The van der Waals surface area contributed by atoms with E-state index in [1.165, 1.54) is 0 Å². The number of carbonyl (C=O) groups excluding carboxylic acids is 1. The molecule has 19 heavy (non-hydrogen) atoms. The molecule has 4 nitrogen and oxygen atoms in total. The number of nitrogens with one attached hydrogen (secondary N) is 2. The molecule has 1 amide bonds. The van der Waals surface area contributed by atoms with Crippen LogP contribution in [0.1, 0.15) is 44.0 Å². The van der Waals surface area contributed by atoms with Crippen LogP contribution in [0.25, 0.3) is 0 Å². The molecular formula is C15H25N3O. The van der Waals surface area contributed by atoms with Crippen molar-refractivity contribution in [1.82, 2.24) is 5.32 Å². The first kappa shape index (κ1) is 15.3. The summed E-state index contributed by atoms with van der Waals surface area (Å²) in [5, 5.41) is 6.14. The molecule has 0 saturated carbocycles. The first-order chi connectivity index (χ1) is 9.12. The van der Waals surface area contributed by atoms with Crippen LogP contribution < -0.4 is 16.4 Å². The smallest absolute Gasteiger partial charge is 0.251 e. The van der Waals surface area contributed by atoms with Crippen LogP contribution in [0.15, 0.2) is 18.2 Å². The fraction of sp³-hybridized carbons (Fsp3) is 0.533. The average Bonchev–Trinajstić information content (AvgIpc) is 2.42. The molecule has 1 aromatic rings. The Bertz CT molecular complexity index is 414. The van der Waals surface area contributed by atoms with E-state index in [1.807, 2.05) is 13.0 Å². The summed E-state index contributed by atoms with van der Waals surface area (Å²) in [4.78, 5) is 11.8. The van der Waals surface area contributed by atoms with Gasteiger partial charge in [-0.15, -0.1) is 0 Å². The fourth-order valence-corrected chi connectivity index (χ4v) is 1.94. The number of nitrogens with two attached hydrogens (primary N) is 1. The number of benzene rings is 1. The van der Waals surface area contributed by atoms with Crippen molar-refractivity contribution in [2.24, 2.45) is 5.92 Å². The molecule has 4 heteroatoms. The summed E-state index contributed by atoms with van der Waals surface area (Å²) < 4.78 is 0. The number of amides is 1. The van der Waals surface area contributed by atoms with Gasteiger partial charge in [-0.25, -0.2) is 0 Å². The Morgan fingerprint density at radius 2 is 1.95 bits per heavy atom. The van der Waals surface area contributed by atoms with Crippen molar-refractivity contribution in [3.8, 4) is 0 Å². The number of carbonyl (C=O) groups is 1. The van der Waals surface area contributed by atoms with Gasteiger partial charge < -0.3 is 16.4 Å². The minimum absolute atomic E-state index is 0.0620. The van der Waals surface area contributed by atoms with Gasteiger partial charge in [0, 0.05) is 18.7 Å². The summed E-state index contributed by atoms with van der Waals surface area (Å²) in [5.41, 5.74) is 8.10. The van der Waals surface area contributed by atoms with Crippen LogP contribution in [-0.4, -0.2) is 19.0 Å². The van der Waals surface area contributed by atoms with Crippen molar-refractivity contribution in [3.63, 3.8) is 0 Å². The maximum atomic E-state index is 11.8. The second-order valence-electron chi connectivity index (χ2n) is 4.72. The van der Waals surface area contributed by atoms with Gasteiger partial charge in [0.2, 0.25) is 0 Å². The van der Waals surface area contributed by atoms with E-state index in [0.29, 0.717) is 23.7 Å². The summed E-state index contributed by atoms with van der Waals surface area (Å²) in [7, 11) is 0. The molecule has 0 radical (unpaired) electrons. The Hall–Kier alpha value is -1.71. The summed E-state index contributed by atoms with van der Waals surface area (Å²) >= 11 is 0. The monoisotopic (exact) mass is 263 g/mol. The highest BCUT2D eigenvalue weighted by Gasteiger charge is 2.09. The number of hydrogen-bond acceptors (Lipinski definition) is 3. The van der Waals surface area contributed by atoms with E-state index < -0.39 is 0 Å². The Labute approximate surface area is 115 Å². The number of rotatable bonds is 7. The predicted molar refractivity (Wildman–Crippen MR) is 81.4 cm³/mol. The molecule has 0 heterocycles. The first-order valence-electron chi connectivity index (χ1n) is 7.03. The third kappa shape index (κ3) is 4.47. The maximum Gasteiger partial charge on any atom is 0.251 e. The lowest BCUT2D eigenvalue weighted by molar-refractivity contribution is 0.0956. The quantitative estimate of drug-likeness (QED) is 0.663. The first-order valence-corrected chi connectivity index (χ1v) is 7.03. The van der Waals surface area contributed by atoms with Crippen LogP contribution in [0.2, 0.25) is 0 Å². The van der Waals surface area contributed by atoms with Crippen LogP contribution >= 0.6 is 0 Å². The maximum absolute atomic E-state index is 11.8. The van der Waals surface area contributed by atoms with Crippen LogP contribution in [0, 0.1) is 5.92 Å². The van der Waals surface area contributed by atoms with E-state index in [0.717, 1.165) is 25.1 Å². The van der Waals surface area contributed by atoms with Gasteiger partial charge in [-0.05, 0) is 31.0 Å². The van der Waals surface area contributed by atoms with E-state index in [1.54, 1.807) is 12.1 Å². The average molecular weight is 263 g/mol. The largest absolute Gasteiger partial charge is 0.397 e. The van der Waals surface area contributed by atoms with Crippen LogP contribution in [-0.2, 0) is 0 Å². The van der Waals surface area contributed by atoms with E-state index in [-0.39, 0.29) is 5.91 Å². The van der Waals surface area contributed by atoms with E-state index in [9.17, 15) is 4.79 Å². The lowest BCUT2D eigenvalue weighted by Gasteiger charge is -2.16. The molecule has 0 fully saturated rings. The predicted octanol–water partition coefficient (Wildman–Crippen LogP) is 2.87. The number of hydrogen-bond donors (Lipinski definition) is 3. The molecule has 4 N–H and O–H groups in total. The lowest BCUT2D eigenvalue weighted by Crippen LogP contribution is -2.23. The van der Waals surface area contributed by atoms with Crippen LogP contribution in [0.4, 0.5) is 11.4 Å². The van der Waals surface area contributed by atoms with Gasteiger partial charge in [0.15, 0.2) is 0 Å². The molecule has 0 atom stereocenters. The van der Waals surface area contributed by atoms with Gasteiger partial charge >= 0.3 is 0 Å².